The van der Waals surface area contributed by atoms with Crippen molar-refractivity contribution in [2.24, 2.45) is 5.92 Å². The molecule has 2 aromatic carbocycles. The maximum atomic E-state index is 13.3. The second-order valence-corrected chi connectivity index (χ2v) is 9.58. The van der Waals surface area contributed by atoms with Gasteiger partial charge in [-0.3, -0.25) is 9.59 Å². The standard InChI is InChI=1S/C22H22BrNO6S/c1-3-30-21(25)14-20-19(15-4-6-16(23)7-5-15)12-13-24(22(20)26)31(27,28)18-10-8-17(29-2)9-11-18/h4-13,19-20H,3,14H2,1-2H3. The molecule has 0 saturated heterocycles. The van der Waals surface area contributed by atoms with Gasteiger partial charge in [-0.15, -0.1) is 0 Å². The van der Waals surface area contributed by atoms with Gasteiger partial charge in [0.25, 0.3) is 10.0 Å². The summed E-state index contributed by atoms with van der Waals surface area (Å²) < 4.78 is 37.9. The van der Waals surface area contributed by atoms with Crippen LogP contribution in [0, 0.1) is 5.92 Å². The Morgan fingerprint density at radius 2 is 1.74 bits per heavy atom. The van der Waals surface area contributed by atoms with E-state index in [0.29, 0.717) is 10.1 Å². The van der Waals surface area contributed by atoms with E-state index in [1.807, 2.05) is 24.3 Å². The minimum atomic E-state index is -4.15. The number of amides is 1. The van der Waals surface area contributed by atoms with Crippen LogP contribution in [0.1, 0.15) is 24.8 Å². The number of sulfonamides is 1. The van der Waals surface area contributed by atoms with E-state index in [1.54, 1.807) is 13.0 Å². The summed E-state index contributed by atoms with van der Waals surface area (Å²) in [6, 6.07) is 13.1. The lowest BCUT2D eigenvalue weighted by molar-refractivity contribution is -0.147. The van der Waals surface area contributed by atoms with Crippen molar-refractivity contribution in [3.63, 3.8) is 0 Å². The summed E-state index contributed by atoms with van der Waals surface area (Å²) in [6.07, 6.45) is 2.66. The number of halogens is 1. The van der Waals surface area contributed by atoms with Gasteiger partial charge < -0.3 is 9.47 Å². The molecule has 9 heteroatoms. The Hall–Kier alpha value is -2.65. The molecule has 0 saturated carbocycles. The zero-order valence-electron chi connectivity index (χ0n) is 17.0. The molecule has 1 heterocycles. The fourth-order valence-electron chi connectivity index (χ4n) is 3.40. The van der Waals surface area contributed by atoms with Crippen molar-refractivity contribution in [3.05, 3.63) is 70.8 Å². The summed E-state index contributed by atoms with van der Waals surface area (Å²) in [5.41, 5.74) is 0.795. The summed E-state index contributed by atoms with van der Waals surface area (Å²) in [5.74, 6) is -2.13. The zero-order valence-corrected chi connectivity index (χ0v) is 19.4. The Labute approximate surface area is 189 Å². The van der Waals surface area contributed by atoms with Crippen molar-refractivity contribution in [2.45, 2.75) is 24.2 Å². The molecule has 0 bridgehead atoms. The molecule has 0 fully saturated rings. The number of rotatable bonds is 7. The second kappa shape index (κ2) is 9.65. The molecule has 0 aliphatic carbocycles. The molecule has 31 heavy (non-hydrogen) atoms. The van der Waals surface area contributed by atoms with Crippen LogP contribution in [0.25, 0.3) is 0 Å². The summed E-state index contributed by atoms with van der Waals surface area (Å²) in [5, 5.41) is 0. The number of carbonyl (C=O) groups excluding carboxylic acids is 2. The molecule has 2 aromatic rings. The summed E-state index contributed by atoms with van der Waals surface area (Å²) >= 11 is 3.37. The van der Waals surface area contributed by atoms with Crippen LogP contribution < -0.4 is 4.74 Å². The van der Waals surface area contributed by atoms with Crippen LogP contribution in [0.5, 0.6) is 5.75 Å². The van der Waals surface area contributed by atoms with E-state index in [4.69, 9.17) is 9.47 Å². The van der Waals surface area contributed by atoms with Gasteiger partial charge in [-0.05, 0) is 48.9 Å². The van der Waals surface area contributed by atoms with Crippen molar-refractivity contribution in [2.75, 3.05) is 13.7 Å². The number of allylic oxidation sites excluding steroid dienone is 1. The van der Waals surface area contributed by atoms with Gasteiger partial charge in [0.15, 0.2) is 0 Å². The maximum absolute atomic E-state index is 13.3. The van der Waals surface area contributed by atoms with Crippen LogP contribution in [0.3, 0.4) is 0 Å². The van der Waals surface area contributed by atoms with Crippen LogP contribution >= 0.6 is 15.9 Å². The lowest BCUT2D eigenvalue weighted by Gasteiger charge is -2.32. The van der Waals surface area contributed by atoms with Gasteiger partial charge in [0.1, 0.15) is 5.75 Å². The molecule has 2 unspecified atom stereocenters. The monoisotopic (exact) mass is 507 g/mol. The van der Waals surface area contributed by atoms with E-state index in [-0.39, 0.29) is 17.9 Å². The predicted octanol–water partition coefficient (Wildman–Crippen LogP) is 3.86. The molecule has 1 aliphatic heterocycles. The van der Waals surface area contributed by atoms with Gasteiger partial charge in [0.2, 0.25) is 5.91 Å². The molecule has 1 amide bonds. The van der Waals surface area contributed by atoms with E-state index in [2.05, 4.69) is 15.9 Å². The van der Waals surface area contributed by atoms with Crippen molar-refractivity contribution >= 4 is 37.8 Å². The molecule has 1 aliphatic rings. The molecule has 2 atom stereocenters. The number of nitrogens with zero attached hydrogens (tertiary/aromatic N) is 1. The van der Waals surface area contributed by atoms with Gasteiger partial charge in [0, 0.05) is 16.6 Å². The molecule has 3 rings (SSSR count). The van der Waals surface area contributed by atoms with E-state index in [1.165, 1.54) is 37.6 Å². The lowest BCUT2D eigenvalue weighted by atomic mass is 9.81. The average Bonchev–Trinajstić information content (AvgIpc) is 2.76. The van der Waals surface area contributed by atoms with Crippen molar-refractivity contribution in [1.82, 2.24) is 4.31 Å². The highest BCUT2D eigenvalue weighted by Crippen LogP contribution is 2.36. The van der Waals surface area contributed by atoms with Gasteiger partial charge in [0.05, 0.1) is 31.0 Å². The molecule has 0 spiro atoms. The topological polar surface area (TPSA) is 90.0 Å². The Bertz CT molecular complexity index is 1080. The van der Waals surface area contributed by atoms with Crippen molar-refractivity contribution in [3.8, 4) is 5.75 Å². The number of benzene rings is 2. The average molecular weight is 508 g/mol. The minimum absolute atomic E-state index is 0.0525. The smallest absolute Gasteiger partial charge is 0.306 e. The van der Waals surface area contributed by atoms with E-state index in [9.17, 15) is 18.0 Å². The van der Waals surface area contributed by atoms with Crippen LogP contribution in [0.4, 0.5) is 0 Å². The van der Waals surface area contributed by atoms with E-state index >= 15 is 0 Å². The molecular formula is C22H22BrNO6S. The highest BCUT2D eigenvalue weighted by atomic mass is 79.9. The fraction of sp³-hybridized carbons (Fsp3) is 0.273. The highest BCUT2D eigenvalue weighted by Gasteiger charge is 2.41. The lowest BCUT2D eigenvalue weighted by Crippen LogP contribution is -2.42. The first-order chi connectivity index (χ1) is 14.8. The van der Waals surface area contributed by atoms with Gasteiger partial charge in [-0.2, -0.15) is 0 Å². The molecule has 0 aromatic heterocycles. The second-order valence-electron chi connectivity index (χ2n) is 6.85. The molecule has 0 radical (unpaired) electrons. The minimum Gasteiger partial charge on any atom is -0.497 e. The van der Waals surface area contributed by atoms with Crippen LogP contribution in [0.2, 0.25) is 0 Å². The molecule has 7 nitrogen and oxygen atoms in total. The number of ether oxygens (including phenoxy) is 2. The van der Waals surface area contributed by atoms with Crippen molar-refractivity contribution < 1.29 is 27.5 Å². The SMILES string of the molecule is CCOC(=O)CC1C(=O)N(S(=O)(=O)c2ccc(OC)cc2)C=CC1c1ccc(Br)cc1. The molecule has 164 valence electrons. The van der Waals surface area contributed by atoms with E-state index in [0.717, 1.165) is 10.0 Å². The fourth-order valence-corrected chi connectivity index (χ4v) is 4.97. The van der Waals surface area contributed by atoms with Crippen LogP contribution in [0.15, 0.2) is 70.2 Å². The predicted molar refractivity (Wildman–Crippen MR) is 118 cm³/mol. The molecule has 0 N–H and O–H groups in total. The van der Waals surface area contributed by atoms with Gasteiger partial charge >= 0.3 is 5.97 Å². The third-order valence-electron chi connectivity index (χ3n) is 4.96. The first-order valence-electron chi connectivity index (χ1n) is 9.59. The summed E-state index contributed by atoms with van der Waals surface area (Å²) in [4.78, 5) is 25.5. The first kappa shape index (κ1) is 23.0. The largest absolute Gasteiger partial charge is 0.497 e. The zero-order chi connectivity index (χ0) is 22.6. The van der Waals surface area contributed by atoms with Crippen molar-refractivity contribution in [1.29, 1.82) is 0 Å². The van der Waals surface area contributed by atoms with Gasteiger partial charge in [-0.25, -0.2) is 12.7 Å². The van der Waals surface area contributed by atoms with E-state index < -0.39 is 33.7 Å². The number of carbonyl (C=O) groups is 2. The summed E-state index contributed by atoms with van der Waals surface area (Å²) in [7, 11) is -2.67. The van der Waals surface area contributed by atoms with Gasteiger partial charge in [-0.1, -0.05) is 34.1 Å². The highest BCUT2D eigenvalue weighted by molar-refractivity contribution is 9.10. The normalized spacial score (nSPS) is 18.7. The first-order valence-corrected chi connectivity index (χ1v) is 11.8. The summed E-state index contributed by atoms with van der Waals surface area (Å²) in [6.45, 7) is 1.85. The number of esters is 1. The Balaban J connectivity index is 1.99. The third kappa shape index (κ3) is 4.99. The Morgan fingerprint density at radius 1 is 1.10 bits per heavy atom. The molecular weight excluding hydrogens is 486 g/mol. The third-order valence-corrected chi connectivity index (χ3v) is 7.18. The quantitative estimate of drug-likeness (QED) is 0.528. The van der Waals surface area contributed by atoms with Crippen LogP contribution in [-0.2, 0) is 24.3 Å². The maximum Gasteiger partial charge on any atom is 0.306 e. The number of hydrogen-bond donors (Lipinski definition) is 0. The number of hydrogen-bond acceptors (Lipinski definition) is 6. The Morgan fingerprint density at radius 3 is 2.32 bits per heavy atom. The Kier molecular flexibility index (Phi) is 7.17. The number of methoxy groups -OCH3 is 1. The van der Waals surface area contributed by atoms with Crippen LogP contribution in [-0.4, -0.2) is 38.3 Å².